The van der Waals surface area contributed by atoms with E-state index >= 15 is 0 Å². The maximum atomic E-state index is 12.5. The molecule has 1 heterocycles. The fourth-order valence-corrected chi connectivity index (χ4v) is 4.15. The van der Waals surface area contributed by atoms with Crippen LogP contribution in [-0.4, -0.2) is 26.4 Å². The Labute approximate surface area is 204 Å². The first-order valence-corrected chi connectivity index (χ1v) is 11.7. The molecule has 32 heavy (non-hydrogen) atoms. The van der Waals surface area contributed by atoms with Gasteiger partial charge in [0.15, 0.2) is 11.0 Å². The van der Waals surface area contributed by atoms with E-state index in [0.29, 0.717) is 31.7 Å². The number of carbonyl (C=O) groups is 1. The van der Waals surface area contributed by atoms with Gasteiger partial charge in [0.05, 0.1) is 15.8 Å². The molecule has 9 heteroatoms. The molecule has 0 bridgehead atoms. The predicted octanol–water partition coefficient (Wildman–Crippen LogP) is 6.93. The Hall–Kier alpha value is -2.51. The van der Waals surface area contributed by atoms with E-state index in [0.717, 1.165) is 16.8 Å². The summed E-state index contributed by atoms with van der Waals surface area (Å²) in [5.41, 5.74) is 3.49. The van der Waals surface area contributed by atoms with Gasteiger partial charge < -0.3 is 5.32 Å². The first kappa shape index (κ1) is 22.7. The Morgan fingerprint density at radius 1 is 0.938 bits per heavy atom. The van der Waals surface area contributed by atoms with E-state index in [-0.39, 0.29) is 11.7 Å². The third kappa shape index (κ3) is 5.27. The van der Waals surface area contributed by atoms with Crippen LogP contribution < -0.4 is 5.32 Å². The van der Waals surface area contributed by atoms with Crippen LogP contribution in [-0.2, 0) is 4.79 Å². The van der Waals surface area contributed by atoms with Gasteiger partial charge in [0.1, 0.15) is 0 Å². The van der Waals surface area contributed by atoms with Crippen molar-refractivity contribution in [3.8, 4) is 17.1 Å². The lowest BCUT2D eigenvalue weighted by molar-refractivity contribution is -0.113. The fourth-order valence-electron chi connectivity index (χ4n) is 2.98. The molecule has 162 valence electrons. The van der Waals surface area contributed by atoms with Crippen molar-refractivity contribution in [1.29, 1.82) is 0 Å². The fraction of sp³-hybridized carbons (Fsp3) is 0.0870. The third-order valence-electron chi connectivity index (χ3n) is 4.56. The van der Waals surface area contributed by atoms with Crippen molar-refractivity contribution >= 4 is 58.2 Å². The first-order valence-electron chi connectivity index (χ1n) is 9.57. The van der Waals surface area contributed by atoms with Crippen molar-refractivity contribution in [2.75, 3.05) is 11.1 Å². The van der Waals surface area contributed by atoms with Crippen LogP contribution in [0.4, 0.5) is 5.69 Å². The maximum Gasteiger partial charge on any atom is 0.234 e. The van der Waals surface area contributed by atoms with Gasteiger partial charge in [-0.25, -0.2) is 0 Å². The summed E-state index contributed by atoms with van der Waals surface area (Å²) in [6.45, 7) is 2.03. The Morgan fingerprint density at radius 3 is 2.34 bits per heavy atom. The number of hydrogen-bond donors (Lipinski definition) is 1. The zero-order valence-corrected chi connectivity index (χ0v) is 19.9. The van der Waals surface area contributed by atoms with Crippen LogP contribution in [0.1, 0.15) is 5.56 Å². The van der Waals surface area contributed by atoms with Crippen molar-refractivity contribution in [2.24, 2.45) is 0 Å². The molecule has 0 spiro atoms. The van der Waals surface area contributed by atoms with Crippen LogP contribution in [0.15, 0.2) is 71.9 Å². The van der Waals surface area contributed by atoms with Gasteiger partial charge in [-0.3, -0.25) is 9.36 Å². The lowest BCUT2D eigenvalue weighted by Crippen LogP contribution is -2.14. The van der Waals surface area contributed by atoms with Crippen LogP contribution in [0.25, 0.3) is 17.1 Å². The molecule has 3 aromatic carbocycles. The number of thioether (sulfide) groups is 1. The topological polar surface area (TPSA) is 59.8 Å². The minimum atomic E-state index is -0.195. The van der Waals surface area contributed by atoms with Crippen molar-refractivity contribution in [1.82, 2.24) is 14.8 Å². The van der Waals surface area contributed by atoms with Gasteiger partial charge in [0.25, 0.3) is 0 Å². The van der Waals surface area contributed by atoms with Crippen molar-refractivity contribution in [2.45, 2.75) is 12.1 Å². The minimum Gasteiger partial charge on any atom is -0.325 e. The average Bonchev–Trinajstić information content (AvgIpc) is 3.20. The van der Waals surface area contributed by atoms with Crippen LogP contribution in [0.5, 0.6) is 0 Å². The van der Waals surface area contributed by atoms with Gasteiger partial charge in [-0.05, 0) is 61.5 Å². The molecule has 0 unspecified atom stereocenters. The second kappa shape index (κ2) is 9.96. The molecular formula is C23H17Cl3N4OS. The summed E-state index contributed by atoms with van der Waals surface area (Å²) in [7, 11) is 0. The van der Waals surface area contributed by atoms with E-state index < -0.39 is 0 Å². The van der Waals surface area contributed by atoms with Gasteiger partial charge >= 0.3 is 0 Å². The van der Waals surface area contributed by atoms with Gasteiger partial charge in [0, 0.05) is 22.0 Å². The molecule has 1 aromatic heterocycles. The SMILES string of the molecule is Cc1ccc(-n2c(SCC(=O)Nc3ccc(Cl)c(Cl)c3)nnc2-c2ccc(Cl)cc2)cc1. The van der Waals surface area contributed by atoms with E-state index in [2.05, 4.69) is 15.5 Å². The Kier molecular flexibility index (Phi) is 7.06. The summed E-state index contributed by atoms with van der Waals surface area (Å²) in [5.74, 6) is 0.614. The van der Waals surface area contributed by atoms with E-state index in [4.69, 9.17) is 34.8 Å². The van der Waals surface area contributed by atoms with Gasteiger partial charge in [-0.15, -0.1) is 10.2 Å². The highest BCUT2D eigenvalue weighted by atomic mass is 35.5. The summed E-state index contributed by atoms with van der Waals surface area (Å²) in [4.78, 5) is 12.5. The zero-order chi connectivity index (χ0) is 22.7. The van der Waals surface area contributed by atoms with Gasteiger partial charge in [-0.1, -0.05) is 64.3 Å². The van der Waals surface area contributed by atoms with Crippen LogP contribution in [0.2, 0.25) is 15.1 Å². The summed E-state index contributed by atoms with van der Waals surface area (Å²) in [6.07, 6.45) is 0. The van der Waals surface area contributed by atoms with Gasteiger partial charge in [0.2, 0.25) is 5.91 Å². The number of aromatic nitrogens is 3. The number of nitrogens with one attached hydrogen (secondary N) is 1. The molecular weight excluding hydrogens is 487 g/mol. The molecule has 0 fully saturated rings. The van der Waals surface area contributed by atoms with E-state index in [1.54, 1.807) is 18.2 Å². The highest BCUT2D eigenvalue weighted by Crippen LogP contribution is 2.29. The molecule has 0 saturated heterocycles. The number of benzene rings is 3. The number of anilines is 1. The van der Waals surface area contributed by atoms with E-state index in [1.165, 1.54) is 11.8 Å². The number of nitrogens with zero attached hydrogens (tertiary/aromatic N) is 3. The third-order valence-corrected chi connectivity index (χ3v) is 6.48. The largest absolute Gasteiger partial charge is 0.325 e. The van der Waals surface area contributed by atoms with Crippen molar-refractivity contribution in [3.05, 3.63) is 87.4 Å². The number of amides is 1. The second-order valence-corrected chi connectivity index (χ2v) is 9.14. The van der Waals surface area contributed by atoms with Crippen LogP contribution in [0, 0.1) is 6.92 Å². The maximum absolute atomic E-state index is 12.5. The lowest BCUT2D eigenvalue weighted by Gasteiger charge is -2.11. The molecule has 5 nitrogen and oxygen atoms in total. The summed E-state index contributed by atoms with van der Waals surface area (Å²) >= 11 is 19.3. The first-order chi connectivity index (χ1) is 15.4. The van der Waals surface area contributed by atoms with E-state index in [1.807, 2.05) is 60.0 Å². The molecule has 0 aliphatic carbocycles. The molecule has 4 aromatic rings. The Morgan fingerprint density at radius 2 is 1.66 bits per heavy atom. The number of rotatable bonds is 6. The molecule has 0 atom stereocenters. The molecule has 1 amide bonds. The van der Waals surface area contributed by atoms with Crippen LogP contribution >= 0.6 is 46.6 Å². The molecule has 0 aliphatic rings. The lowest BCUT2D eigenvalue weighted by atomic mass is 10.2. The van der Waals surface area contributed by atoms with E-state index in [9.17, 15) is 4.79 Å². The van der Waals surface area contributed by atoms with Crippen molar-refractivity contribution in [3.63, 3.8) is 0 Å². The van der Waals surface area contributed by atoms with Crippen LogP contribution in [0.3, 0.4) is 0 Å². The minimum absolute atomic E-state index is 0.144. The summed E-state index contributed by atoms with van der Waals surface area (Å²) < 4.78 is 1.93. The number of carbonyl (C=O) groups excluding carboxylic acids is 1. The highest BCUT2D eigenvalue weighted by Gasteiger charge is 2.17. The zero-order valence-electron chi connectivity index (χ0n) is 16.8. The number of aryl methyl sites for hydroxylation is 1. The summed E-state index contributed by atoms with van der Waals surface area (Å²) in [6, 6.07) is 20.4. The van der Waals surface area contributed by atoms with Crippen molar-refractivity contribution < 1.29 is 4.79 Å². The Bertz CT molecular complexity index is 1260. The normalized spacial score (nSPS) is 10.9. The molecule has 1 N–H and O–H groups in total. The summed E-state index contributed by atoms with van der Waals surface area (Å²) in [5, 5.41) is 13.6. The molecule has 0 radical (unpaired) electrons. The highest BCUT2D eigenvalue weighted by molar-refractivity contribution is 7.99. The number of hydrogen-bond acceptors (Lipinski definition) is 4. The second-order valence-electron chi connectivity index (χ2n) is 6.95. The monoisotopic (exact) mass is 502 g/mol. The quantitative estimate of drug-likeness (QED) is 0.290. The standard InChI is InChI=1S/C23H17Cl3N4OS/c1-14-2-9-18(10-3-14)30-22(15-4-6-16(24)7-5-15)28-29-23(30)32-13-21(31)27-17-8-11-19(25)20(26)12-17/h2-12H,13H2,1H3,(H,27,31). The Balaban J connectivity index is 1.59. The smallest absolute Gasteiger partial charge is 0.234 e. The average molecular weight is 504 g/mol. The molecule has 4 rings (SSSR count). The number of halogens is 3. The molecule has 0 saturated carbocycles. The van der Waals surface area contributed by atoms with Gasteiger partial charge in [-0.2, -0.15) is 0 Å². The molecule has 0 aliphatic heterocycles. The predicted molar refractivity (Wildman–Crippen MR) is 132 cm³/mol.